The van der Waals surface area contributed by atoms with E-state index in [1.54, 1.807) is 12.0 Å². The molecule has 2 aromatic rings. The van der Waals surface area contributed by atoms with Crippen LogP contribution in [0, 0.1) is 5.41 Å². The maximum atomic E-state index is 12.8. The highest BCUT2D eigenvalue weighted by Gasteiger charge is 2.48. The van der Waals surface area contributed by atoms with E-state index in [-0.39, 0.29) is 18.4 Å². The van der Waals surface area contributed by atoms with E-state index in [0.717, 1.165) is 16.9 Å². The maximum Gasteiger partial charge on any atom is 0.248 e. The van der Waals surface area contributed by atoms with Crippen LogP contribution in [0.15, 0.2) is 59.8 Å². The van der Waals surface area contributed by atoms with Crippen molar-refractivity contribution in [1.29, 1.82) is 0 Å². The molecule has 1 atom stereocenters. The van der Waals surface area contributed by atoms with Crippen molar-refractivity contribution in [2.24, 2.45) is 10.6 Å². The number of β-lactam (4-membered cyclic amide) rings is 1. The van der Waals surface area contributed by atoms with Crippen molar-refractivity contribution in [3.05, 3.63) is 65.7 Å². The van der Waals surface area contributed by atoms with Gasteiger partial charge in [0.25, 0.3) is 0 Å². The van der Waals surface area contributed by atoms with Crippen LogP contribution in [0.3, 0.4) is 0 Å². The van der Waals surface area contributed by atoms with Crippen LogP contribution in [0.4, 0.5) is 0 Å². The van der Waals surface area contributed by atoms with Crippen LogP contribution < -0.4 is 10.1 Å². The Hall–Kier alpha value is -3.35. The van der Waals surface area contributed by atoms with Gasteiger partial charge in [0.15, 0.2) is 0 Å². The van der Waals surface area contributed by atoms with Crippen molar-refractivity contribution in [2.75, 3.05) is 13.7 Å². The first-order valence-corrected chi connectivity index (χ1v) is 9.83. The number of carbonyl (C=O) groups excluding carboxylic acids is 2. The lowest BCUT2D eigenvalue weighted by atomic mass is 9.81. The molecule has 0 aromatic heterocycles. The molecule has 30 heavy (non-hydrogen) atoms. The summed E-state index contributed by atoms with van der Waals surface area (Å²) in [6, 6.07) is 16.5. The minimum absolute atomic E-state index is 0.0220. The number of oxime groups is 1. The number of nitrogens with one attached hydrogen (secondary N) is 1. The number of hydrogen-bond acceptors (Lipinski definition) is 5. The Balaban J connectivity index is 1.56. The molecule has 1 fully saturated rings. The Kier molecular flexibility index (Phi) is 6.72. The SMILES string of the molecule is COc1ccc(CON=CNC(=O)C(Cc2ccccc2)N2CC(C)(C)C2=O)cc1. The minimum atomic E-state index is -0.596. The summed E-state index contributed by atoms with van der Waals surface area (Å²) < 4.78 is 5.11. The second kappa shape index (κ2) is 9.43. The predicted octanol–water partition coefficient (Wildman–Crippen LogP) is 2.75. The lowest BCUT2D eigenvalue weighted by Gasteiger charge is -2.48. The Morgan fingerprint density at radius 3 is 2.47 bits per heavy atom. The molecule has 1 N–H and O–H groups in total. The lowest BCUT2D eigenvalue weighted by molar-refractivity contribution is -0.163. The summed E-state index contributed by atoms with van der Waals surface area (Å²) in [5.41, 5.74) is 1.49. The Morgan fingerprint density at radius 2 is 1.87 bits per heavy atom. The molecule has 0 bridgehead atoms. The number of carbonyl (C=O) groups is 2. The lowest BCUT2D eigenvalue weighted by Crippen LogP contribution is -2.65. The van der Waals surface area contributed by atoms with Crippen molar-refractivity contribution in [1.82, 2.24) is 10.2 Å². The topological polar surface area (TPSA) is 80.2 Å². The second-order valence-electron chi connectivity index (χ2n) is 7.89. The monoisotopic (exact) mass is 409 g/mol. The van der Waals surface area contributed by atoms with E-state index in [4.69, 9.17) is 9.57 Å². The minimum Gasteiger partial charge on any atom is -0.497 e. The van der Waals surface area contributed by atoms with Gasteiger partial charge < -0.3 is 19.8 Å². The summed E-state index contributed by atoms with van der Waals surface area (Å²) in [4.78, 5) is 32.1. The third-order valence-electron chi connectivity index (χ3n) is 5.08. The van der Waals surface area contributed by atoms with Gasteiger partial charge in [0.2, 0.25) is 11.8 Å². The van der Waals surface area contributed by atoms with Crippen molar-refractivity contribution in [2.45, 2.75) is 32.9 Å². The highest BCUT2D eigenvalue weighted by Crippen LogP contribution is 2.33. The first kappa shape index (κ1) is 21.4. The first-order chi connectivity index (χ1) is 14.4. The molecule has 7 heteroatoms. The number of nitrogens with zero attached hydrogens (tertiary/aromatic N) is 2. The first-order valence-electron chi connectivity index (χ1n) is 9.83. The number of ether oxygens (including phenoxy) is 1. The zero-order valence-corrected chi connectivity index (χ0v) is 17.5. The molecule has 2 aromatic carbocycles. The van der Waals surface area contributed by atoms with Gasteiger partial charge in [-0.3, -0.25) is 9.59 Å². The number of hydrogen-bond donors (Lipinski definition) is 1. The molecule has 2 amide bonds. The van der Waals surface area contributed by atoms with Crippen LogP contribution in [0.2, 0.25) is 0 Å². The predicted molar refractivity (Wildman–Crippen MR) is 114 cm³/mol. The molecule has 0 aliphatic carbocycles. The molecule has 158 valence electrons. The van der Waals surface area contributed by atoms with Crippen LogP contribution in [0.25, 0.3) is 0 Å². The third kappa shape index (κ3) is 5.17. The van der Waals surface area contributed by atoms with Crippen LogP contribution in [-0.4, -0.2) is 42.7 Å². The highest BCUT2D eigenvalue weighted by molar-refractivity contribution is 5.97. The fourth-order valence-corrected chi connectivity index (χ4v) is 3.35. The van der Waals surface area contributed by atoms with Crippen molar-refractivity contribution < 1.29 is 19.2 Å². The number of benzene rings is 2. The molecule has 1 aliphatic rings. The van der Waals surface area contributed by atoms with Gasteiger partial charge in [0, 0.05) is 13.0 Å². The standard InChI is InChI=1S/C23H27N3O4/c1-23(2)15-26(22(23)28)20(13-17-7-5-4-6-8-17)21(27)24-16-25-30-14-18-9-11-19(29-3)12-10-18/h4-12,16,20H,13-15H2,1-3H3,(H,24,25,27). The number of rotatable bonds is 9. The van der Waals surface area contributed by atoms with Crippen molar-refractivity contribution in [3.8, 4) is 5.75 Å². The summed E-state index contributed by atoms with van der Waals surface area (Å²) >= 11 is 0. The Bertz CT molecular complexity index is 894. The number of amides is 2. The quantitative estimate of drug-likeness (QED) is 0.299. The van der Waals surface area contributed by atoms with E-state index in [1.165, 1.54) is 6.34 Å². The van der Waals surface area contributed by atoms with Crippen LogP contribution in [0.1, 0.15) is 25.0 Å². The molecule has 1 unspecified atom stereocenters. The van der Waals surface area contributed by atoms with Crippen LogP contribution >= 0.6 is 0 Å². The van der Waals surface area contributed by atoms with Gasteiger partial charge in [-0.25, -0.2) is 0 Å². The fourth-order valence-electron chi connectivity index (χ4n) is 3.35. The van der Waals surface area contributed by atoms with E-state index in [9.17, 15) is 9.59 Å². The molecule has 7 nitrogen and oxygen atoms in total. The Morgan fingerprint density at radius 1 is 1.17 bits per heavy atom. The smallest absolute Gasteiger partial charge is 0.248 e. The van der Waals surface area contributed by atoms with Gasteiger partial charge in [0.05, 0.1) is 12.5 Å². The van der Waals surface area contributed by atoms with Gasteiger partial charge >= 0.3 is 0 Å². The summed E-state index contributed by atoms with van der Waals surface area (Å²) in [7, 11) is 1.61. The molecule has 3 rings (SSSR count). The largest absolute Gasteiger partial charge is 0.497 e. The van der Waals surface area contributed by atoms with Crippen LogP contribution in [0.5, 0.6) is 5.75 Å². The van der Waals surface area contributed by atoms with Gasteiger partial charge in [-0.05, 0) is 37.1 Å². The van der Waals surface area contributed by atoms with E-state index in [2.05, 4.69) is 10.5 Å². The maximum absolute atomic E-state index is 12.8. The summed E-state index contributed by atoms with van der Waals surface area (Å²) in [5.74, 6) is 0.452. The molecular weight excluding hydrogens is 382 g/mol. The van der Waals surface area contributed by atoms with E-state index >= 15 is 0 Å². The van der Waals surface area contributed by atoms with E-state index in [0.29, 0.717) is 13.0 Å². The number of likely N-dealkylation sites (tertiary alicyclic amines) is 1. The van der Waals surface area contributed by atoms with Crippen molar-refractivity contribution in [3.63, 3.8) is 0 Å². The summed E-state index contributed by atoms with van der Waals surface area (Å²) in [5, 5.41) is 6.43. The molecule has 0 saturated carbocycles. The van der Waals surface area contributed by atoms with Gasteiger partial charge in [-0.1, -0.05) is 47.6 Å². The van der Waals surface area contributed by atoms with Crippen LogP contribution in [-0.2, 0) is 27.5 Å². The normalized spacial score (nSPS) is 16.1. The average molecular weight is 409 g/mol. The zero-order valence-electron chi connectivity index (χ0n) is 17.5. The highest BCUT2D eigenvalue weighted by atomic mass is 16.6. The molecular formula is C23H27N3O4. The summed E-state index contributed by atoms with van der Waals surface area (Å²) in [6.45, 7) is 4.58. The van der Waals surface area contributed by atoms with Gasteiger partial charge in [-0.2, -0.15) is 0 Å². The Labute approximate surface area is 176 Å². The van der Waals surface area contributed by atoms with Crippen molar-refractivity contribution >= 4 is 18.2 Å². The zero-order chi connectivity index (χ0) is 21.6. The van der Waals surface area contributed by atoms with Gasteiger partial charge in [0.1, 0.15) is 24.7 Å². The second-order valence-corrected chi connectivity index (χ2v) is 7.89. The third-order valence-corrected chi connectivity index (χ3v) is 5.08. The summed E-state index contributed by atoms with van der Waals surface area (Å²) in [6.07, 6.45) is 1.66. The van der Waals surface area contributed by atoms with Gasteiger partial charge in [-0.15, -0.1) is 0 Å². The molecule has 1 saturated heterocycles. The number of methoxy groups -OCH3 is 1. The molecule has 0 spiro atoms. The molecule has 0 radical (unpaired) electrons. The van der Waals surface area contributed by atoms with E-state index in [1.807, 2.05) is 68.4 Å². The molecule has 1 heterocycles. The fraction of sp³-hybridized carbons (Fsp3) is 0.348. The average Bonchev–Trinajstić information content (AvgIpc) is 2.76. The van der Waals surface area contributed by atoms with E-state index < -0.39 is 11.5 Å². The molecule has 1 aliphatic heterocycles.